The van der Waals surface area contributed by atoms with E-state index >= 15 is 0 Å². The first-order chi connectivity index (χ1) is 9.54. The van der Waals surface area contributed by atoms with E-state index in [1.807, 2.05) is 4.90 Å². The summed E-state index contributed by atoms with van der Waals surface area (Å²) in [6.45, 7) is 1.88. The molecule has 0 radical (unpaired) electrons. The van der Waals surface area contributed by atoms with E-state index in [0.717, 1.165) is 30.9 Å². The van der Waals surface area contributed by atoms with E-state index < -0.39 is 11.9 Å². The van der Waals surface area contributed by atoms with Gasteiger partial charge in [0.15, 0.2) is 0 Å². The van der Waals surface area contributed by atoms with E-state index in [2.05, 4.69) is 15.1 Å². The molecule has 0 bridgehead atoms. The first kappa shape index (κ1) is 13.1. The van der Waals surface area contributed by atoms with Gasteiger partial charge in [0.1, 0.15) is 24.4 Å². The molecular formula is C12H13F3N4O. The number of anilines is 1. The van der Waals surface area contributed by atoms with Crippen molar-refractivity contribution in [3.8, 4) is 0 Å². The van der Waals surface area contributed by atoms with Crippen LogP contribution in [-0.2, 0) is 11.0 Å². The number of hydrogen-bond acceptors (Lipinski definition) is 5. The predicted molar refractivity (Wildman–Crippen MR) is 65.4 cm³/mol. The topological polar surface area (TPSA) is 50.6 Å². The first-order valence-electron chi connectivity index (χ1n) is 6.37. The Balaban J connectivity index is 1.74. The van der Waals surface area contributed by atoms with E-state index in [-0.39, 0.29) is 5.92 Å². The summed E-state index contributed by atoms with van der Waals surface area (Å²) < 4.78 is 37.9. The second kappa shape index (κ2) is 4.92. The maximum absolute atomic E-state index is 12.6. The molecule has 20 heavy (non-hydrogen) atoms. The van der Waals surface area contributed by atoms with Crippen LogP contribution in [0, 0.1) is 5.92 Å². The lowest BCUT2D eigenvalue weighted by Crippen LogP contribution is -2.24. The Kier molecular flexibility index (Phi) is 3.23. The average Bonchev–Trinajstić information content (AvgIpc) is 3.09. The summed E-state index contributed by atoms with van der Waals surface area (Å²) >= 11 is 0. The Labute approximate surface area is 113 Å². The molecule has 8 heteroatoms. The molecule has 2 aliphatic rings. The fraction of sp³-hybridized carbons (Fsp3) is 0.583. The van der Waals surface area contributed by atoms with Crippen LogP contribution in [-0.4, -0.2) is 35.4 Å². The lowest BCUT2D eigenvalue weighted by atomic mass is 10.0. The number of aromatic nitrogens is 2. The zero-order valence-corrected chi connectivity index (χ0v) is 10.6. The van der Waals surface area contributed by atoms with Gasteiger partial charge < -0.3 is 9.74 Å². The number of rotatable bonds is 2. The molecule has 0 aliphatic carbocycles. The Morgan fingerprint density at radius 2 is 2.15 bits per heavy atom. The highest BCUT2D eigenvalue weighted by molar-refractivity contribution is 5.88. The van der Waals surface area contributed by atoms with Gasteiger partial charge in [0.25, 0.3) is 0 Å². The number of nitrogens with zero attached hydrogens (tertiary/aromatic N) is 4. The molecule has 0 N–H and O–H groups in total. The molecule has 1 atom stereocenters. The summed E-state index contributed by atoms with van der Waals surface area (Å²) in [7, 11) is 0. The lowest BCUT2D eigenvalue weighted by Gasteiger charge is -2.18. The van der Waals surface area contributed by atoms with Crippen molar-refractivity contribution in [2.24, 2.45) is 11.1 Å². The highest BCUT2D eigenvalue weighted by Crippen LogP contribution is 2.31. The van der Waals surface area contributed by atoms with Crippen LogP contribution in [0.1, 0.15) is 18.5 Å². The first-order valence-corrected chi connectivity index (χ1v) is 6.37. The Hall–Kier alpha value is -1.86. The Morgan fingerprint density at radius 3 is 2.85 bits per heavy atom. The molecule has 1 saturated heterocycles. The van der Waals surface area contributed by atoms with E-state index in [4.69, 9.17) is 4.84 Å². The minimum atomic E-state index is -4.44. The number of oxime groups is 1. The van der Waals surface area contributed by atoms with Gasteiger partial charge in [-0.05, 0) is 6.42 Å². The number of alkyl halides is 3. The van der Waals surface area contributed by atoms with Crippen molar-refractivity contribution in [2.75, 3.05) is 24.6 Å². The van der Waals surface area contributed by atoms with Gasteiger partial charge in [-0.15, -0.1) is 0 Å². The van der Waals surface area contributed by atoms with E-state index in [1.54, 1.807) is 0 Å². The van der Waals surface area contributed by atoms with Crippen LogP contribution in [0.2, 0.25) is 0 Å². The van der Waals surface area contributed by atoms with Crippen molar-refractivity contribution < 1.29 is 18.0 Å². The third-order valence-electron chi connectivity index (χ3n) is 3.56. The maximum atomic E-state index is 12.6. The highest BCUT2D eigenvalue weighted by Gasteiger charge is 2.34. The molecule has 0 saturated carbocycles. The SMILES string of the molecule is FC(F)(F)c1cc(N2CCC(C3=NOCC3)C2)ncn1. The van der Waals surface area contributed by atoms with Crippen LogP contribution < -0.4 is 4.90 Å². The summed E-state index contributed by atoms with van der Waals surface area (Å²) in [6.07, 6.45) is -1.83. The van der Waals surface area contributed by atoms with Crippen LogP contribution in [0.3, 0.4) is 0 Å². The summed E-state index contributed by atoms with van der Waals surface area (Å²) in [5, 5.41) is 3.98. The van der Waals surface area contributed by atoms with Crippen molar-refractivity contribution in [3.63, 3.8) is 0 Å². The molecule has 1 fully saturated rings. The second-order valence-electron chi connectivity index (χ2n) is 4.86. The molecule has 2 aliphatic heterocycles. The van der Waals surface area contributed by atoms with Crippen molar-refractivity contribution in [3.05, 3.63) is 18.1 Å². The monoisotopic (exact) mass is 286 g/mol. The van der Waals surface area contributed by atoms with Crippen molar-refractivity contribution in [2.45, 2.75) is 19.0 Å². The fourth-order valence-electron chi connectivity index (χ4n) is 2.52. The number of halogens is 3. The van der Waals surface area contributed by atoms with Gasteiger partial charge in [0.2, 0.25) is 0 Å². The third kappa shape index (κ3) is 2.54. The minimum Gasteiger partial charge on any atom is -0.395 e. The molecule has 0 spiro atoms. The zero-order valence-electron chi connectivity index (χ0n) is 10.6. The lowest BCUT2D eigenvalue weighted by molar-refractivity contribution is -0.141. The quantitative estimate of drug-likeness (QED) is 0.835. The summed E-state index contributed by atoms with van der Waals surface area (Å²) in [5.41, 5.74) is 0.0880. The van der Waals surface area contributed by atoms with Gasteiger partial charge >= 0.3 is 6.18 Å². The van der Waals surface area contributed by atoms with Crippen molar-refractivity contribution in [1.29, 1.82) is 0 Å². The zero-order chi connectivity index (χ0) is 14.2. The van der Waals surface area contributed by atoms with Gasteiger partial charge in [0, 0.05) is 31.5 Å². The van der Waals surface area contributed by atoms with Crippen LogP contribution >= 0.6 is 0 Å². The molecule has 3 heterocycles. The third-order valence-corrected chi connectivity index (χ3v) is 3.56. The van der Waals surface area contributed by atoms with E-state index in [9.17, 15) is 13.2 Å². The highest BCUT2D eigenvalue weighted by atomic mass is 19.4. The van der Waals surface area contributed by atoms with Gasteiger partial charge in [-0.2, -0.15) is 13.2 Å². The minimum absolute atomic E-state index is 0.238. The van der Waals surface area contributed by atoms with E-state index in [0.29, 0.717) is 25.5 Å². The largest absolute Gasteiger partial charge is 0.433 e. The van der Waals surface area contributed by atoms with Crippen LogP contribution in [0.4, 0.5) is 19.0 Å². The van der Waals surface area contributed by atoms with Gasteiger partial charge in [-0.25, -0.2) is 9.97 Å². The van der Waals surface area contributed by atoms with Crippen LogP contribution in [0.5, 0.6) is 0 Å². The average molecular weight is 286 g/mol. The molecule has 3 rings (SSSR count). The van der Waals surface area contributed by atoms with E-state index in [1.165, 1.54) is 0 Å². The Bertz CT molecular complexity index is 532. The molecule has 108 valence electrons. The van der Waals surface area contributed by atoms with Gasteiger partial charge in [-0.1, -0.05) is 5.16 Å². The Morgan fingerprint density at radius 1 is 1.30 bits per heavy atom. The molecular weight excluding hydrogens is 273 g/mol. The summed E-state index contributed by atoms with van der Waals surface area (Å²) in [5.74, 6) is 0.552. The van der Waals surface area contributed by atoms with Crippen molar-refractivity contribution in [1.82, 2.24) is 9.97 Å². The second-order valence-corrected chi connectivity index (χ2v) is 4.86. The van der Waals surface area contributed by atoms with Crippen LogP contribution in [0.25, 0.3) is 0 Å². The summed E-state index contributed by atoms with van der Waals surface area (Å²) in [6, 6.07) is 0.995. The molecule has 5 nitrogen and oxygen atoms in total. The van der Waals surface area contributed by atoms with Crippen LogP contribution in [0.15, 0.2) is 17.5 Å². The summed E-state index contributed by atoms with van der Waals surface area (Å²) in [4.78, 5) is 14.0. The molecule has 0 amide bonds. The maximum Gasteiger partial charge on any atom is 0.433 e. The molecule has 1 unspecified atom stereocenters. The fourth-order valence-corrected chi connectivity index (χ4v) is 2.52. The smallest absolute Gasteiger partial charge is 0.395 e. The predicted octanol–water partition coefficient (Wildman–Crippen LogP) is 2.10. The molecule has 1 aromatic heterocycles. The van der Waals surface area contributed by atoms with Gasteiger partial charge in [0.05, 0.1) is 5.71 Å². The standard InChI is InChI=1S/C12H13F3N4O/c13-12(14,15)10-5-11(17-7-16-10)19-3-1-8(6-19)9-2-4-20-18-9/h5,7-8H,1-4,6H2. The normalized spacial score (nSPS) is 22.9. The molecule has 0 aromatic carbocycles. The number of hydrogen-bond donors (Lipinski definition) is 0. The molecule has 1 aromatic rings. The van der Waals surface area contributed by atoms with Crippen molar-refractivity contribution >= 4 is 11.5 Å². The van der Waals surface area contributed by atoms with Gasteiger partial charge in [-0.3, -0.25) is 0 Å².